The fourth-order valence-corrected chi connectivity index (χ4v) is 2.36. The van der Waals surface area contributed by atoms with Crippen molar-refractivity contribution in [2.45, 2.75) is 12.6 Å². The predicted octanol–water partition coefficient (Wildman–Crippen LogP) is -0.236. The number of aromatic nitrogens is 1. The molecule has 0 saturated carbocycles. The summed E-state index contributed by atoms with van der Waals surface area (Å²) in [5.74, 6) is 0.971. The maximum Gasteiger partial charge on any atom is 0.150 e. The standard InChI is InChI=1S/C11H18N4O/c1-2-13-16-11(1)9-14-3-5-15(6-4-14)10-7-12-8-10/h1-2,10,12H,3-9H2. The summed E-state index contributed by atoms with van der Waals surface area (Å²) in [6.45, 7) is 7.87. The highest BCUT2D eigenvalue weighted by Gasteiger charge is 2.27. The zero-order chi connectivity index (χ0) is 10.8. The summed E-state index contributed by atoms with van der Waals surface area (Å²) in [7, 11) is 0. The Balaban J connectivity index is 1.47. The van der Waals surface area contributed by atoms with Crippen LogP contribution in [0.1, 0.15) is 5.76 Å². The number of rotatable bonds is 3. The zero-order valence-electron chi connectivity index (χ0n) is 9.43. The van der Waals surface area contributed by atoms with Crippen molar-refractivity contribution in [2.75, 3.05) is 39.3 Å². The Bertz CT molecular complexity index is 315. The first kappa shape index (κ1) is 10.3. The van der Waals surface area contributed by atoms with Crippen molar-refractivity contribution in [1.82, 2.24) is 20.3 Å². The van der Waals surface area contributed by atoms with Crippen molar-refractivity contribution in [3.63, 3.8) is 0 Å². The van der Waals surface area contributed by atoms with Gasteiger partial charge in [-0.1, -0.05) is 5.16 Å². The van der Waals surface area contributed by atoms with E-state index in [1.54, 1.807) is 6.20 Å². The molecule has 1 N–H and O–H groups in total. The summed E-state index contributed by atoms with van der Waals surface area (Å²) in [5.41, 5.74) is 0. The monoisotopic (exact) mass is 222 g/mol. The Kier molecular flexibility index (Phi) is 2.90. The number of hydrogen-bond acceptors (Lipinski definition) is 5. The molecule has 1 aromatic rings. The van der Waals surface area contributed by atoms with Crippen molar-refractivity contribution >= 4 is 0 Å². The van der Waals surface area contributed by atoms with E-state index in [4.69, 9.17) is 4.52 Å². The lowest BCUT2D eigenvalue weighted by Gasteiger charge is -2.43. The van der Waals surface area contributed by atoms with Gasteiger partial charge >= 0.3 is 0 Å². The molecule has 3 heterocycles. The van der Waals surface area contributed by atoms with E-state index >= 15 is 0 Å². The Morgan fingerprint density at radius 2 is 2.12 bits per heavy atom. The average Bonchev–Trinajstić information content (AvgIpc) is 2.71. The molecule has 16 heavy (non-hydrogen) atoms. The van der Waals surface area contributed by atoms with Crippen LogP contribution in [0.15, 0.2) is 16.8 Å². The second-order valence-corrected chi connectivity index (χ2v) is 4.60. The second-order valence-electron chi connectivity index (χ2n) is 4.60. The smallest absolute Gasteiger partial charge is 0.150 e. The summed E-state index contributed by atoms with van der Waals surface area (Å²) in [6.07, 6.45) is 1.71. The molecule has 0 aromatic carbocycles. The average molecular weight is 222 g/mol. The first-order valence-electron chi connectivity index (χ1n) is 5.98. The predicted molar refractivity (Wildman–Crippen MR) is 60.0 cm³/mol. The van der Waals surface area contributed by atoms with E-state index in [9.17, 15) is 0 Å². The van der Waals surface area contributed by atoms with Crippen LogP contribution in [0.3, 0.4) is 0 Å². The normalized spacial score (nSPS) is 24.5. The topological polar surface area (TPSA) is 44.5 Å². The maximum absolute atomic E-state index is 5.13. The maximum atomic E-state index is 5.13. The van der Waals surface area contributed by atoms with Crippen molar-refractivity contribution in [3.8, 4) is 0 Å². The molecule has 0 aliphatic carbocycles. The minimum absolute atomic E-state index is 0.785. The van der Waals surface area contributed by atoms with Crippen molar-refractivity contribution in [3.05, 3.63) is 18.0 Å². The Labute approximate surface area is 95.4 Å². The van der Waals surface area contributed by atoms with E-state index in [0.29, 0.717) is 0 Å². The fraction of sp³-hybridized carbons (Fsp3) is 0.727. The number of piperazine rings is 1. The third-order valence-corrected chi connectivity index (χ3v) is 3.55. The van der Waals surface area contributed by atoms with E-state index in [1.165, 1.54) is 26.2 Å². The summed E-state index contributed by atoms with van der Waals surface area (Å²) >= 11 is 0. The number of nitrogens with one attached hydrogen (secondary N) is 1. The molecule has 5 heteroatoms. The van der Waals surface area contributed by atoms with Crippen LogP contribution >= 0.6 is 0 Å². The van der Waals surface area contributed by atoms with Crippen LogP contribution in [0.4, 0.5) is 0 Å². The molecule has 3 rings (SSSR count). The van der Waals surface area contributed by atoms with E-state index in [0.717, 1.165) is 31.4 Å². The molecule has 0 atom stereocenters. The van der Waals surface area contributed by atoms with Crippen molar-refractivity contribution < 1.29 is 4.52 Å². The minimum Gasteiger partial charge on any atom is -0.360 e. The van der Waals surface area contributed by atoms with E-state index in [1.807, 2.05) is 6.07 Å². The fourth-order valence-electron chi connectivity index (χ4n) is 2.36. The first-order valence-corrected chi connectivity index (χ1v) is 5.98. The molecule has 0 unspecified atom stereocenters. The number of nitrogens with zero attached hydrogens (tertiary/aromatic N) is 3. The van der Waals surface area contributed by atoms with Crippen LogP contribution in [0.25, 0.3) is 0 Å². The number of hydrogen-bond donors (Lipinski definition) is 1. The van der Waals surface area contributed by atoms with E-state index < -0.39 is 0 Å². The largest absolute Gasteiger partial charge is 0.360 e. The molecule has 2 aliphatic rings. The van der Waals surface area contributed by atoms with Crippen LogP contribution in [-0.2, 0) is 6.54 Å². The van der Waals surface area contributed by atoms with Gasteiger partial charge in [0.1, 0.15) is 0 Å². The van der Waals surface area contributed by atoms with Crippen LogP contribution in [-0.4, -0.2) is 60.3 Å². The van der Waals surface area contributed by atoms with E-state index in [-0.39, 0.29) is 0 Å². The van der Waals surface area contributed by atoms with Gasteiger partial charge in [0.2, 0.25) is 0 Å². The third kappa shape index (κ3) is 2.11. The van der Waals surface area contributed by atoms with Gasteiger partial charge in [-0.15, -0.1) is 0 Å². The molecule has 2 saturated heterocycles. The Hall–Kier alpha value is -0.910. The Morgan fingerprint density at radius 3 is 2.69 bits per heavy atom. The van der Waals surface area contributed by atoms with Crippen LogP contribution < -0.4 is 5.32 Å². The van der Waals surface area contributed by atoms with Crippen LogP contribution in [0.2, 0.25) is 0 Å². The first-order chi connectivity index (χ1) is 7.92. The van der Waals surface area contributed by atoms with Gasteiger partial charge in [0.25, 0.3) is 0 Å². The molecule has 0 spiro atoms. The van der Waals surface area contributed by atoms with Gasteiger partial charge in [0, 0.05) is 51.4 Å². The molecule has 2 fully saturated rings. The van der Waals surface area contributed by atoms with Gasteiger partial charge in [-0.25, -0.2) is 0 Å². The molecule has 0 amide bonds. The molecule has 5 nitrogen and oxygen atoms in total. The minimum atomic E-state index is 0.785. The highest BCUT2D eigenvalue weighted by molar-refractivity contribution is 4.94. The molecule has 2 aliphatic heterocycles. The van der Waals surface area contributed by atoms with Gasteiger partial charge in [-0.05, 0) is 0 Å². The summed E-state index contributed by atoms with van der Waals surface area (Å²) in [4.78, 5) is 5.02. The van der Waals surface area contributed by atoms with Crippen LogP contribution in [0, 0.1) is 0 Å². The molecule has 1 aromatic heterocycles. The van der Waals surface area contributed by atoms with Gasteiger partial charge < -0.3 is 9.84 Å². The Morgan fingerprint density at radius 1 is 1.31 bits per heavy atom. The van der Waals surface area contributed by atoms with Gasteiger partial charge in [-0.3, -0.25) is 9.80 Å². The van der Waals surface area contributed by atoms with Crippen molar-refractivity contribution in [1.29, 1.82) is 0 Å². The quantitative estimate of drug-likeness (QED) is 0.765. The zero-order valence-corrected chi connectivity index (χ0v) is 9.43. The summed E-state index contributed by atoms with van der Waals surface area (Å²) < 4.78 is 5.13. The molecular weight excluding hydrogens is 204 g/mol. The molecule has 0 radical (unpaired) electrons. The van der Waals surface area contributed by atoms with Gasteiger partial charge in [0.05, 0.1) is 12.7 Å². The lowest BCUT2D eigenvalue weighted by molar-refractivity contribution is 0.0655. The van der Waals surface area contributed by atoms with Gasteiger partial charge in [-0.2, -0.15) is 0 Å². The summed E-state index contributed by atoms with van der Waals surface area (Å²) in [5, 5.41) is 7.06. The molecule has 88 valence electrons. The molecule has 0 bridgehead atoms. The van der Waals surface area contributed by atoms with Crippen LogP contribution in [0.5, 0.6) is 0 Å². The van der Waals surface area contributed by atoms with Gasteiger partial charge in [0.15, 0.2) is 5.76 Å². The third-order valence-electron chi connectivity index (χ3n) is 3.55. The van der Waals surface area contributed by atoms with E-state index in [2.05, 4.69) is 20.3 Å². The highest BCUT2D eigenvalue weighted by Crippen LogP contribution is 2.11. The lowest BCUT2D eigenvalue weighted by atomic mass is 10.1. The molecular formula is C11H18N4O. The second kappa shape index (κ2) is 4.53. The highest BCUT2D eigenvalue weighted by atomic mass is 16.5. The summed E-state index contributed by atoms with van der Waals surface area (Å²) in [6, 6.07) is 2.73. The SMILES string of the molecule is c1cc(CN2CCN(C3CNC3)CC2)on1. The van der Waals surface area contributed by atoms with Crippen molar-refractivity contribution in [2.24, 2.45) is 0 Å². The lowest BCUT2D eigenvalue weighted by Crippen LogP contribution is -2.61.